The van der Waals surface area contributed by atoms with Crippen LogP contribution < -0.4 is 20.3 Å². The summed E-state index contributed by atoms with van der Waals surface area (Å²) >= 11 is 1.38. The molecule has 1 saturated carbocycles. The third-order valence-electron chi connectivity index (χ3n) is 8.23. The summed E-state index contributed by atoms with van der Waals surface area (Å²) in [5.74, 6) is 1.29. The lowest BCUT2D eigenvalue weighted by molar-refractivity contribution is -0.119. The van der Waals surface area contributed by atoms with Gasteiger partial charge in [-0.15, -0.1) is 0 Å². The zero-order chi connectivity index (χ0) is 30.0. The number of benzene rings is 1. The van der Waals surface area contributed by atoms with Crippen LogP contribution in [0.15, 0.2) is 35.2 Å². The van der Waals surface area contributed by atoms with E-state index in [-0.39, 0.29) is 40.4 Å². The van der Waals surface area contributed by atoms with E-state index >= 15 is 0 Å². The van der Waals surface area contributed by atoms with Gasteiger partial charge < -0.3 is 15.5 Å². The monoisotopic (exact) mass is 609 g/mol. The van der Waals surface area contributed by atoms with Crippen molar-refractivity contribution < 1.29 is 18.0 Å². The fourth-order valence-corrected chi connectivity index (χ4v) is 7.63. The molecular weight excluding hydrogens is 574 g/mol. The van der Waals surface area contributed by atoms with Gasteiger partial charge in [0, 0.05) is 24.7 Å². The maximum Gasteiger partial charge on any atom is 0.256 e. The lowest BCUT2D eigenvalue weighted by Gasteiger charge is -2.38. The molecule has 0 spiro atoms. The average molecular weight is 610 g/mol. The molecule has 3 N–H and O–H groups in total. The number of hydrogen-bond donors (Lipinski definition) is 3. The highest BCUT2D eigenvalue weighted by Crippen LogP contribution is 2.42. The molecule has 4 heterocycles. The molecule has 3 aromatic rings. The predicted octanol–water partition coefficient (Wildman–Crippen LogP) is 3.63. The third-order valence-corrected chi connectivity index (χ3v) is 10.8. The van der Waals surface area contributed by atoms with E-state index < -0.39 is 10.0 Å². The zero-order valence-electron chi connectivity index (χ0n) is 24.3. The second-order valence-corrected chi connectivity index (χ2v) is 14.7. The zero-order valence-corrected chi connectivity index (χ0v) is 25.9. The predicted molar refractivity (Wildman–Crippen MR) is 163 cm³/mol. The molecule has 2 amide bonds. The molecule has 1 aromatic carbocycles. The number of anilines is 3. The molecule has 11 nitrogen and oxygen atoms in total. The Labute approximate surface area is 249 Å². The van der Waals surface area contributed by atoms with Gasteiger partial charge in [-0.2, -0.15) is 0 Å². The summed E-state index contributed by atoms with van der Waals surface area (Å²) in [6, 6.07) is 9.02. The van der Waals surface area contributed by atoms with Gasteiger partial charge in [-0.3, -0.25) is 14.5 Å². The number of aromatic nitrogens is 2. The lowest BCUT2D eigenvalue weighted by Crippen LogP contribution is -2.60. The molecule has 1 atom stereocenters. The van der Waals surface area contributed by atoms with E-state index in [9.17, 15) is 18.0 Å². The summed E-state index contributed by atoms with van der Waals surface area (Å²) in [4.78, 5) is 39.7. The number of thiazole rings is 1. The highest BCUT2D eigenvalue weighted by Gasteiger charge is 2.41. The standard InChI is InChI=1S/C29H35N7O4S2/c1-16-26(41-28(32-16)34-22-7-6-8-23(33-22)36-15-29(3,4)31-13-24(36)37)19-11-20-14-35(17(2)18-9-10-18)27(38)25(20)21(12-19)42(39,40)30-5/h6-8,11-12,17-18,30-31H,9-10,13-15H2,1-5H3,(H,32,33,34). The van der Waals surface area contributed by atoms with Crippen molar-refractivity contribution in [1.82, 2.24) is 24.9 Å². The summed E-state index contributed by atoms with van der Waals surface area (Å²) in [6.45, 7) is 9.13. The number of carbonyl (C=O) groups excluding carboxylic acids is 2. The molecule has 42 heavy (non-hydrogen) atoms. The summed E-state index contributed by atoms with van der Waals surface area (Å²) in [5.41, 5.74) is 2.15. The molecule has 13 heteroatoms. The van der Waals surface area contributed by atoms with Crippen molar-refractivity contribution in [2.45, 2.75) is 63.6 Å². The van der Waals surface area contributed by atoms with Gasteiger partial charge in [-0.25, -0.2) is 23.1 Å². The number of carbonyl (C=O) groups is 2. The number of piperazine rings is 1. The number of rotatable bonds is 8. The van der Waals surface area contributed by atoms with Crippen LogP contribution in [0.4, 0.5) is 16.8 Å². The average Bonchev–Trinajstić information content (AvgIpc) is 3.67. The minimum absolute atomic E-state index is 0.00622. The largest absolute Gasteiger partial charge is 0.331 e. The van der Waals surface area contributed by atoms with E-state index in [2.05, 4.69) is 20.3 Å². The first-order valence-corrected chi connectivity index (χ1v) is 16.4. The van der Waals surface area contributed by atoms with Crippen LogP contribution >= 0.6 is 11.3 Å². The molecular formula is C29H35N7O4S2. The van der Waals surface area contributed by atoms with Crippen molar-refractivity contribution in [2.24, 2.45) is 5.92 Å². The van der Waals surface area contributed by atoms with Crippen molar-refractivity contribution in [3.05, 3.63) is 47.2 Å². The maximum atomic E-state index is 13.5. The summed E-state index contributed by atoms with van der Waals surface area (Å²) in [7, 11) is -2.54. The quantitative estimate of drug-likeness (QED) is 0.352. The van der Waals surface area contributed by atoms with Crippen LogP contribution in [-0.2, 0) is 21.4 Å². The van der Waals surface area contributed by atoms with Gasteiger partial charge in [-0.1, -0.05) is 17.4 Å². The first kappa shape index (κ1) is 28.7. The Morgan fingerprint density at radius 3 is 2.64 bits per heavy atom. The molecule has 2 fully saturated rings. The number of aryl methyl sites for hydroxylation is 1. The van der Waals surface area contributed by atoms with E-state index in [0.29, 0.717) is 46.9 Å². The van der Waals surface area contributed by atoms with Gasteiger partial charge in [0.15, 0.2) is 5.13 Å². The molecule has 222 valence electrons. The number of sulfonamides is 1. The highest BCUT2D eigenvalue weighted by atomic mass is 32.2. The Hall–Kier alpha value is -3.39. The van der Waals surface area contributed by atoms with E-state index in [1.807, 2.05) is 52.0 Å². The van der Waals surface area contributed by atoms with Gasteiger partial charge in [0.25, 0.3) is 5.91 Å². The summed E-state index contributed by atoms with van der Waals surface area (Å²) in [5, 5.41) is 7.07. The van der Waals surface area contributed by atoms with E-state index in [4.69, 9.17) is 4.98 Å². The number of amides is 2. The van der Waals surface area contributed by atoms with Crippen molar-refractivity contribution >= 4 is 49.9 Å². The van der Waals surface area contributed by atoms with Gasteiger partial charge in [0.1, 0.15) is 11.6 Å². The Morgan fingerprint density at radius 2 is 1.93 bits per heavy atom. The van der Waals surface area contributed by atoms with E-state index in [0.717, 1.165) is 23.4 Å². The van der Waals surface area contributed by atoms with E-state index in [1.54, 1.807) is 15.9 Å². The second kappa shape index (κ2) is 10.4. The Balaban J connectivity index is 1.32. The molecule has 1 saturated heterocycles. The Bertz CT molecular complexity index is 1700. The number of hydrogen-bond acceptors (Lipinski definition) is 9. The third kappa shape index (κ3) is 5.30. The van der Waals surface area contributed by atoms with Gasteiger partial charge in [0.05, 0.1) is 27.6 Å². The molecule has 6 rings (SSSR count). The van der Waals surface area contributed by atoms with Gasteiger partial charge >= 0.3 is 0 Å². The van der Waals surface area contributed by atoms with Crippen molar-refractivity contribution in [3.8, 4) is 10.4 Å². The Kier molecular flexibility index (Phi) is 7.11. The maximum absolute atomic E-state index is 13.5. The molecule has 1 unspecified atom stereocenters. The second-order valence-electron chi connectivity index (χ2n) is 11.9. The van der Waals surface area contributed by atoms with Crippen molar-refractivity contribution in [3.63, 3.8) is 0 Å². The molecule has 3 aliphatic rings. The fourth-order valence-electron chi connectivity index (χ4n) is 5.68. The lowest BCUT2D eigenvalue weighted by atomic mass is 10.0. The topological polar surface area (TPSA) is 137 Å². The number of pyridine rings is 1. The van der Waals surface area contributed by atoms with Crippen LogP contribution in [0.25, 0.3) is 10.4 Å². The van der Waals surface area contributed by atoms with E-state index in [1.165, 1.54) is 18.4 Å². The number of fused-ring (bicyclic) bond motifs is 1. The van der Waals surface area contributed by atoms with Crippen LogP contribution in [0, 0.1) is 12.8 Å². The fraction of sp³-hybridized carbons (Fsp3) is 0.448. The molecule has 2 aromatic heterocycles. The first-order chi connectivity index (χ1) is 19.9. The minimum atomic E-state index is -3.90. The van der Waals surface area contributed by atoms with Crippen LogP contribution in [0.2, 0.25) is 0 Å². The summed E-state index contributed by atoms with van der Waals surface area (Å²) < 4.78 is 28.6. The SMILES string of the molecule is CNS(=O)(=O)c1cc(-c2sc(Nc3cccc(N4CC(C)(C)NCC4=O)n3)nc2C)cc2c1C(=O)N(C(C)C1CC1)C2. The Morgan fingerprint density at radius 1 is 1.17 bits per heavy atom. The molecule has 1 aliphatic carbocycles. The molecule has 0 radical (unpaired) electrons. The number of nitrogens with one attached hydrogen (secondary N) is 3. The van der Waals surface area contributed by atoms with Crippen LogP contribution in [0.5, 0.6) is 0 Å². The smallest absolute Gasteiger partial charge is 0.256 e. The van der Waals surface area contributed by atoms with Gasteiger partial charge in [0.2, 0.25) is 15.9 Å². The summed E-state index contributed by atoms with van der Waals surface area (Å²) in [6.07, 6.45) is 2.18. The normalized spacial score (nSPS) is 19.3. The van der Waals surface area contributed by atoms with Gasteiger partial charge in [-0.05, 0) is 88.9 Å². The minimum Gasteiger partial charge on any atom is -0.331 e. The van der Waals surface area contributed by atoms with Crippen LogP contribution in [0.1, 0.15) is 55.2 Å². The first-order valence-electron chi connectivity index (χ1n) is 14.1. The highest BCUT2D eigenvalue weighted by molar-refractivity contribution is 7.89. The molecule has 0 bridgehead atoms. The van der Waals surface area contributed by atoms with Crippen LogP contribution in [0.3, 0.4) is 0 Å². The number of nitrogens with zero attached hydrogens (tertiary/aromatic N) is 4. The van der Waals surface area contributed by atoms with Crippen molar-refractivity contribution in [2.75, 3.05) is 30.4 Å². The van der Waals surface area contributed by atoms with Crippen molar-refractivity contribution in [1.29, 1.82) is 0 Å². The molecule has 2 aliphatic heterocycles. The van der Waals surface area contributed by atoms with Crippen LogP contribution in [-0.4, -0.2) is 66.8 Å².